The molecule has 4 aliphatic rings. The van der Waals surface area contributed by atoms with Crippen molar-refractivity contribution in [2.45, 2.75) is 96.3 Å². The lowest BCUT2D eigenvalue weighted by molar-refractivity contribution is -0.117. The third-order valence-corrected chi connectivity index (χ3v) is 23.7. The lowest BCUT2D eigenvalue weighted by Gasteiger charge is -2.21. The number of aryl methyl sites for hydroxylation is 10. The highest BCUT2D eigenvalue weighted by Crippen LogP contribution is 2.42. The standard InChI is InChI=1S/C30H23N3O2.C28H25N3O2.C27H23N3O2.C26H21N3O2/c34-24-14-11-22(12-15-24)28-30(31-26-16-13-21-6-3-4-8-25(21)29(26)33-28)32-27(35)18-19-9-10-20-5-1-2-7-23(20)17-19;32-22-16-13-21(14-17-22)26-28(30-25(33)12-6-9-19-7-2-1-3-8-19)29-24-18-15-20-10-4-5-11-23(20)27(24)31-26;31-21-14-11-20(12-15-21)25-27(29-24(32)17-10-18-6-2-1-3-7-18)28-23-16-13-19-8-4-5-9-22(19)26(23)30-25;30-20-13-10-19(11-14-20)24-26(28-23(31)16-17-6-2-1-3-7-17)27-22-15-12-18-8-4-5-9-21(18)25(22)29-24/h1-12,14-15,17,34H,13,16,18H2,(H,31,32,35);1-5,7-8,10-11,13-14,16-17,32H,6,9,12,15,18H2,(H,29,30,33);1-9,11-12,14-15,31H,10,13,16-17H2,(H,28,29,32);1-11,13-14,30H,12,15-16H2,(H,27,28,31). The number of hydrogen-bond acceptors (Lipinski definition) is 16. The molecule has 644 valence electrons. The zero-order valence-corrected chi connectivity index (χ0v) is 71.8. The molecule has 131 heavy (non-hydrogen) atoms. The van der Waals surface area contributed by atoms with Crippen molar-refractivity contribution in [1.29, 1.82) is 0 Å². The molecule has 20 nitrogen and oxygen atoms in total. The van der Waals surface area contributed by atoms with E-state index in [0.29, 0.717) is 65.3 Å². The molecule has 0 spiro atoms. The van der Waals surface area contributed by atoms with E-state index in [9.17, 15) is 39.6 Å². The van der Waals surface area contributed by atoms with Gasteiger partial charge < -0.3 is 41.7 Å². The van der Waals surface area contributed by atoms with Gasteiger partial charge >= 0.3 is 0 Å². The number of carbonyl (C=O) groups is 4. The summed E-state index contributed by atoms with van der Waals surface area (Å²) in [6.07, 6.45) is 10.2. The van der Waals surface area contributed by atoms with Crippen LogP contribution < -0.4 is 21.3 Å². The van der Waals surface area contributed by atoms with E-state index in [1.54, 1.807) is 97.1 Å². The molecule has 4 aliphatic carbocycles. The van der Waals surface area contributed by atoms with Crippen molar-refractivity contribution in [3.05, 3.63) is 395 Å². The lowest BCUT2D eigenvalue weighted by Crippen LogP contribution is -2.18. The first-order valence-corrected chi connectivity index (χ1v) is 44.1. The number of amides is 4. The van der Waals surface area contributed by atoms with E-state index in [2.05, 4.69) is 88.0 Å². The summed E-state index contributed by atoms with van der Waals surface area (Å²) in [5, 5.41) is 53.2. The smallest absolute Gasteiger partial charge is 0.230 e. The summed E-state index contributed by atoms with van der Waals surface area (Å²) in [6.45, 7) is 0. The van der Waals surface area contributed by atoms with Gasteiger partial charge in [0, 0.05) is 57.3 Å². The summed E-state index contributed by atoms with van der Waals surface area (Å²) in [7, 11) is 0. The molecule has 0 radical (unpaired) electrons. The molecule has 0 aliphatic heterocycles. The minimum Gasteiger partial charge on any atom is -0.508 e. The van der Waals surface area contributed by atoms with Gasteiger partial charge in [-0.05, 0) is 223 Å². The molecule has 0 bridgehead atoms. The number of rotatable bonds is 19. The van der Waals surface area contributed by atoms with Gasteiger partial charge in [0.15, 0.2) is 23.3 Å². The van der Waals surface area contributed by atoms with Crippen LogP contribution in [0.4, 0.5) is 23.3 Å². The predicted molar refractivity (Wildman–Crippen MR) is 514 cm³/mol. The van der Waals surface area contributed by atoms with Gasteiger partial charge in [-0.25, -0.2) is 39.9 Å². The first-order chi connectivity index (χ1) is 64.1. The maximum Gasteiger partial charge on any atom is 0.230 e. The van der Waals surface area contributed by atoms with Gasteiger partial charge in [-0.15, -0.1) is 0 Å². The number of anilines is 4. The van der Waals surface area contributed by atoms with E-state index < -0.39 is 0 Å². The third-order valence-electron chi connectivity index (χ3n) is 23.7. The monoisotopic (exact) mass is 1720 g/mol. The van der Waals surface area contributed by atoms with Crippen LogP contribution in [0.15, 0.2) is 328 Å². The molecule has 4 aromatic heterocycles. The van der Waals surface area contributed by atoms with Crippen LogP contribution in [0, 0.1) is 0 Å². The second-order valence-electron chi connectivity index (χ2n) is 32.7. The third kappa shape index (κ3) is 20.5. The second kappa shape index (κ2) is 39.6. The van der Waals surface area contributed by atoms with Crippen LogP contribution in [0.2, 0.25) is 0 Å². The van der Waals surface area contributed by atoms with Gasteiger partial charge in [-0.3, -0.25) is 19.2 Å². The van der Waals surface area contributed by atoms with E-state index in [0.717, 1.165) is 182 Å². The number of nitrogens with one attached hydrogen (secondary N) is 4. The zero-order chi connectivity index (χ0) is 89.5. The van der Waals surface area contributed by atoms with E-state index >= 15 is 0 Å². The van der Waals surface area contributed by atoms with E-state index in [-0.39, 0.29) is 59.5 Å². The van der Waals surface area contributed by atoms with Crippen LogP contribution in [-0.2, 0) is 96.2 Å². The summed E-state index contributed by atoms with van der Waals surface area (Å²) in [5.41, 5.74) is 26.1. The second-order valence-corrected chi connectivity index (χ2v) is 32.7. The fourth-order valence-electron chi connectivity index (χ4n) is 17.0. The van der Waals surface area contributed by atoms with E-state index in [4.69, 9.17) is 39.9 Å². The van der Waals surface area contributed by atoms with Crippen LogP contribution in [0.1, 0.15) is 86.5 Å². The normalized spacial score (nSPS) is 12.0. The minimum atomic E-state index is -0.147. The molecule has 0 fully saturated rings. The molecule has 8 N–H and O–H groups in total. The SMILES string of the molecule is O=C(CCCc1ccccc1)Nc1nc2c(nc1-c1ccc(O)cc1)-c1ccccc1CC2.O=C(CCc1ccccc1)Nc1nc2c(nc1-c1ccc(O)cc1)-c1ccccc1CC2.O=C(Cc1ccc2ccccc2c1)Nc1nc2c(nc1-c1ccc(O)cc1)-c1ccccc1CC2.O=C(Cc1ccccc1)Nc1nc2c(nc1-c1ccc(O)cc1)-c1ccccc1CC2. The molecule has 0 saturated carbocycles. The fraction of sp³-hybridized carbons (Fsp3) is 0.135. The van der Waals surface area contributed by atoms with Crippen LogP contribution in [0.25, 0.3) is 101 Å². The number of phenolic OH excluding ortho intramolecular Hbond substituents is 4. The van der Waals surface area contributed by atoms with Gasteiger partial charge in [-0.2, -0.15) is 0 Å². The Hall–Kier alpha value is -16.5. The van der Waals surface area contributed by atoms with Crippen molar-refractivity contribution in [1.82, 2.24) is 39.9 Å². The number of hydrogen-bond donors (Lipinski definition) is 8. The number of aromatic hydroxyl groups is 4. The number of nitrogens with zero attached hydrogens (tertiary/aromatic N) is 8. The molecule has 0 unspecified atom stereocenters. The Morgan fingerprint density at radius 1 is 0.237 bits per heavy atom. The number of carbonyl (C=O) groups excluding carboxylic acids is 4. The molecule has 20 heteroatoms. The van der Waals surface area contributed by atoms with Crippen LogP contribution in [0.5, 0.6) is 23.0 Å². The average molecular weight is 1720 g/mol. The summed E-state index contributed by atoms with van der Waals surface area (Å²) in [5.74, 6) is 2.08. The van der Waals surface area contributed by atoms with Gasteiger partial charge in [0.2, 0.25) is 23.6 Å². The Morgan fingerprint density at radius 2 is 0.519 bits per heavy atom. The summed E-state index contributed by atoms with van der Waals surface area (Å²) in [6, 6.07) is 104. The maximum absolute atomic E-state index is 13.1. The van der Waals surface area contributed by atoms with Gasteiger partial charge in [0.25, 0.3) is 0 Å². The Kier molecular flexibility index (Phi) is 25.8. The molecule has 17 aromatic rings. The minimum absolute atomic E-state index is 0.0728. The molecule has 13 aromatic carbocycles. The molecule has 4 heterocycles. The molecule has 0 atom stereocenters. The summed E-state index contributed by atoms with van der Waals surface area (Å²) < 4.78 is 0. The van der Waals surface area contributed by atoms with Gasteiger partial charge in [-0.1, -0.05) is 231 Å². The number of aromatic nitrogens is 8. The fourth-order valence-corrected chi connectivity index (χ4v) is 17.0. The first-order valence-electron chi connectivity index (χ1n) is 44.1. The van der Waals surface area contributed by atoms with Gasteiger partial charge in [0.1, 0.15) is 45.8 Å². The van der Waals surface area contributed by atoms with E-state index in [1.165, 1.54) is 27.8 Å². The Morgan fingerprint density at radius 3 is 0.870 bits per heavy atom. The zero-order valence-electron chi connectivity index (χ0n) is 71.8. The van der Waals surface area contributed by atoms with Crippen molar-refractivity contribution in [3.63, 3.8) is 0 Å². The summed E-state index contributed by atoms with van der Waals surface area (Å²) in [4.78, 5) is 90.8. The Labute approximate surface area is 758 Å². The highest BCUT2D eigenvalue weighted by Gasteiger charge is 2.29. The summed E-state index contributed by atoms with van der Waals surface area (Å²) >= 11 is 0. The van der Waals surface area contributed by atoms with E-state index in [1.807, 2.05) is 164 Å². The van der Waals surface area contributed by atoms with Crippen LogP contribution in [0.3, 0.4) is 0 Å². The Balaban J connectivity index is 0.000000117. The molecular formula is C111H92N12O8. The average Bonchev–Trinajstić information content (AvgIpc) is 0.779. The van der Waals surface area contributed by atoms with Crippen molar-refractivity contribution in [2.24, 2.45) is 0 Å². The van der Waals surface area contributed by atoms with Gasteiger partial charge in [0.05, 0.1) is 58.4 Å². The quantitative estimate of drug-likeness (QED) is 0.0373. The number of fused-ring (bicyclic) bond motifs is 13. The van der Waals surface area contributed by atoms with Crippen molar-refractivity contribution < 1.29 is 39.6 Å². The first kappa shape index (κ1) is 85.3. The van der Waals surface area contributed by atoms with Crippen molar-refractivity contribution >= 4 is 57.7 Å². The molecule has 0 saturated heterocycles. The largest absolute Gasteiger partial charge is 0.508 e. The van der Waals surface area contributed by atoms with Crippen molar-refractivity contribution in [2.75, 3.05) is 21.3 Å². The highest BCUT2D eigenvalue weighted by atomic mass is 16.3. The maximum atomic E-state index is 13.1. The highest BCUT2D eigenvalue weighted by molar-refractivity contribution is 5.99. The predicted octanol–water partition coefficient (Wildman–Crippen LogP) is 21.5. The molecule has 21 rings (SSSR count). The molecule has 4 amide bonds. The van der Waals surface area contributed by atoms with Crippen LogP contribution >= 0.6 is 0 Å². The topological polar surface area (TPSA) is 300 Å². The van der Waals surface area contributed by atoms with Crippen LogP contribution in [-0.4, -0.2) is 83.9 Å². The lowest BCUT2D eigenvalue weighted by atomic mass is 9.91. The number of phenols is 4. The molecular weight excluding hydrogens is 1630 g/mol. The number of benzene rings is 13. The van der Waals surface area contributed by atoms with Crippen molar-refractivity contribution in [3.8, 4) is 113 Å². The Bertz CT molecular complexity index is 7070.